The van der Waals surface area contributed by atoms with Gasteiger partial charge in [0.2, 0.25) is 0 Å². The zero-order chi connectivity index (χ0) is 25.4. The van der Waals surface area contributed by atoms with Gasteiger partial charge in [0.05, 0.1) is 30.2 Å². The average Bonchev–Trinajstić information content (AvgIpc) is 3.59. The summed E-state index contributed by atoms with van der Waals surface area (Å²) >= 11 is 0. The van der Waals surface area contributed by atoms with Gasteiger partial charge in [0, 0.05) is 35.9 Å². The molecule has 0 atom stereocenters. The number of fused-ring (bicyclic) bond motifs is 2. The van der Waals surface area contributed by atoms with Crippen molar-refractivity contribution in [2.24, 2.45) is 0 Å². The number of nitrogens with zero attached hydrogens (tertiary/aromatic N) is 4. The summed E-state index contributed by atoms with van der Waals surface area (Å²) in [5.74, 6) is 1.49. The second kappa shape index (κ2) is 9.28. The third-order valence-corrected chi connectivity index (χ3v) is 6.51. The number of anilines is 2. The van der Waals surface area contributed by atoms with Gasteiger partial charge in [-0.1, -0.05) is 36.9 Å². The first-order valence-corrected chi connectivity index (χ1v) is 12.0. The Hall–Kier alpha value is -4.91. The van der Waals surface area contributed by atoms with Crippen molar-refractivity contribution < 1.29 is 4.74 Å². The molecular formula is C30H26N6O. The molecule has 7 nitrogen and oxygen atoms in total. The molecule has 0 fully saturated rings. The Labute approximate surface area is 214 Å². The standard InChI is InChI=1S/C30H26N6O/c1-19-7-9-24(16-28(19)37-3)34-29-30-31-11-12-36(30)17-27(35-29)23-6-4-5-22(15-23)20(2)13-21-8-10-25-26(14-21)33-18-32-25/h4-12,14-18H,2,13H2,1,3H3,(H,32,33)(H,34,35). The lowest BCUT2D eigenvalue weighted by molar-refractivity contribution is 0.412. The minimum atomic E-state index is 0.672. The number of rotatable bonds is 7. The van der Waals surface area contributed by atoms with E-state index in [0.717, 1.165) is 62.5 Å². The van der Waals surface area contributed by atoms with Crippen LogP contribution in [0.1, 0.15) is 16.7 Å². The molecule has 37 heavy (non-hydrogen) atoms. The monoisotopic (exact) mass is 486 g/mol. The Balaban J connectivity index is 1.31. The minimum absolute atomic E-state index is 0.672. The maximum Gasteiger partial charge on any atom is 0.180 e. The van der Waals surface area contributed by atoms with E-state index >= 15 is 0 Å². The van der Waals surface area contributed by atoms with Crippen LogP contribution in [0.3, 0.4) is 0 Å². The number of ether oxygens (including phenoxy) is 1. The van der Waals surface area contributed by atoms with Gasteiger partial charge in [-0.25, -0.2) is 15.0 Å². The number of hydrogen-bond donors (Lipinski definition) is 2. The molecule has 0 aliphatic rings. The van der Waals surface area contributed by atoms with Crippen LogP contribution in [0.5, 0.6) is 5.75 Å². The number of aromatic nitrogens is 5. The first-order valence-electron chi connectivity index (χ1n) is 12.0. The van der Waals surface area contributed by atoms with Crippen molar-refractivity contribution in [1.29, 1.82) is 0 Å². The normalized spacial score (nSPS) is 11.2. The van der Waals surface area contributed by atoms with E-state index < -0.39 is 0 Å². The molecule has 182 valence electrons. The van der Waals surface area contributed by atoms with E-state index in [2.05, 4.69) is 57.2 Å². The number of aryl methyl sites for hydroxylation is 1. The fourth-order valence-electron chi connectivity index (χ4n) is 4.53. The van der Waals surface area contributed by atoms with Gasteiger partial charge in [0.1, 0.15) is 5.75 Å². The van der Waals surface area contributed by atoms with Gasteiger partial charge < -0.3 is 19.4 Å². The maximum absolute atomic E-state index is 5.49. The van der Waals surface area contributed by atoms with Crippen LogP contribution in [0.25, 0.3) is 33.5 Å². The zero-order valence-electron chi connectivity index (χ0n) is 20.7. The van der Waals surface area contributed by atoms with E-state index in [1.165, 1.54) is 5.56 Å². The lowest BCUT2D eigenvalue weighted by atomic mass is 9.97. The SMILES string of the molecule is C=C(Cc1ccc2nc[nH]c2c1)c1cccc(-c2cn3ccnc3c(Nc3ccc(C)c(OC)c3)n2)c1. The van der Waals surface area contributed by atoms with Crippen molar-refractivity contribution in [1.82, 2.24) is 24.3 Å². The highest BCUT2D eigenvalue weighted by atomic mass is 16.5. The fourth-order valence-corrected chi connectivity index (χ4v) is 4.53. The van der Waals surface area contributed by atoms with Crippen molar-refractivity contribution in [2.75, 3.05) is 12.4 Å². The van der Waals surface area contributed by atoms with E-state index in [0.29, 0.717) is 5.82 Å². The molecule has 0 saturated heterocycles. The molecule has 3 heterocycles. The van der Waals surface area contributed by atoms with E-state index in [1.54, 1.807) is 19.6 Å². The predicted molar refractivity (Wildman–Crippen MR) is 148 cm³/mol. The quantitative estimate of drug-likeness (QED) is 0.266. The number of methoxy groups -OCH3 is 1. The van der Waals surface area contributed by atoms with Crippen molar-refractivity contribution >= 4 is 33.8 Å². The molecule has 6 aromatic rings. The molecule has 0 saturated carbocycles. The molecule has 0 bridgehead atoms. The van der Waals surface area contributed by atoms with Crippen LogP contribution >= 0.6 is 0 Å². The Morgan fingerprint density at radius 1 is 1.08 bits per heavy atom. The molecule has 0 amide bonds. The van der Waals surface area contributed by atoms with E-state index in [9.17, 15) is 0 Å². The third-order valence-electron chi connectivity index (χ3n) is 6.51. The first kappa shape index (κ1) is 22.5. The summed E-state index contributed by atoms with van der Waals surface area (Å²) < 4.78 is 7.47. The molecule has 3 aromatic heterocycles. The van der Waals surface area contributed by atoms with Crippen LogP contribution in [0.15, 0.2) is 92.2 Å². The van der Waals surface area contributed by atoms with Crippen LogP contribution in [-0.4, -0.2) is 31.4 Å². The van der Waals surface area contributed by atoms with Crippen LogP contribution in [0.4, 0.5) is 11.5 Å². The van der Waals surface area contributed by atoms with Crippen LogP contribution in [-0.2, 0) is 6.42 Å². The summed E-state index contributed by atoms with van der Waals surface area (Å²) in [5, 5.41) is 3.43. The van der Waals surface area contributed by atoms with Gasteiger partial charge in [0.25, 0.3) is 0 Å². The average molecular weight is 487 g/mol. The van der Waals surface area contributed by atoms with Gasteiger partial charge in [0.15, 0.2) is 11.5 Å². The minimum Gasteiger partial charge on any atom is -0.496 e. The fraction of sp³-hybridized carbons (Fsp3) is 0.100. The number of hydrogen-bond acceptors (Lipinski definition) is 5. The molecular weight excluding hydrogens is 460 g/mol. The maximum atomic E-state index is 5.49. The van der Waals surface area contributed by atoms with Crippen molar-refractivity contribution in [3.8, 4) is 17.0 Å². The lowest BCUT2D eigenvalue weighted by Gasteiger charge is -2.13. The second-order valence-electron chi connectivity index (χ2n) is 9.06. The van der Waals surface area contributed by atoms with Gasteiger partial charge >= 0.3 is 0 Å². The molecule has 3 aromatic carbocycles. The zero-order valence-corrected chi connectivity index (χ0v) is 20.7. The van der Waals surface area contributed by atoms with Crippen molar-refractivity contribution in [2.45, 2.75) is 13.3 Å². The number of aromatic amines is 1. The van der Waals surface area contributed by atoms with Crippen LogP contribution < -0.4 is 10.1 Å². The van der Waals surface area contributed by atoms with E-state index in [-0.39, 0.29) is 0 Å². The molecule has 7 heteroatoms. The Morgan fingerprint density at radius 2 is 2.00 bits per heavy atom. The summed E-state index contributed by atoms with van der Waals surface area (Å²) in [6.07, 6.45) is 8.16. The molecule has 2 N–H and O–H groups in total. The topological polar surface area (TPSA) is 80.1 Å². The molecule has 0 aliphatic heterocycles. The lowest BCUT2D eigenvalue weighted by Crippen LogP contribution is -2.01. The number of H-pyrrole nitrogens is 1. The summed E-state index contributed by atoms with van der Waals surface area (Å²) in [7, 11) is 1.67. The molecule has 0 radical (unpaired) electrons. The Bertz CT molecular complexity index is 1760. The number of benzene rings is 3. The van der Waals surface area contributed by atoms with Gasteiger partial charge in [-0.05, 0) is 59.9 Å². The highest BCUT2D eigenvalue weighted by molar-refractivity contribution is 5.78. The Morgan fingerprint density at radius 3 is 2.89 bits per heavy atom. The predicted octanol–water partition coefficient (Wildman–Crippen LogP) is 6.59. The molecule has 0 unspecified atom stereocenters. The number of nitrogens with one attached hydrogen (secondary N) is 2. The molecule has 0 spiro atoms. The summed E-state index contributed by atoms with van der Waals surface area (Å²) in [4.78, 5) is 16.9. The Kier molecular flexibility index (Phi) is 5.65. The van der Waals surface area contributed by atoms with E-state index in [4.69, 9.17) is 9.72 Å². The summed E-state index contributed by atoms with van der Waals surface area (Å²) in [6.45, 7) is 6.39. The van der Waals surface area contributed by atoms with E-state index in [1.807, 2.05) is 54.0 Å². The largest absolute Gasteiger partial charge is 0.496 e. The van der Waals surface area contributed by atoms with Gasteiger partial charge in [-0.2, -0.15) is 0 Å². The second-order valence-corrected chi connectivity index (χ2v) is 9.06. The summed E-state index contributed by atoms with van der Waals surface area (Å²) in [5.41, 5.74) is 9.83. The highest BCUT2D eigenvalue weighted by Gasteiger charge is 2.12. The van der Waals surface area contributed by atoms with Crippen molar-refractivity contribution in [3.05, 3.63) is 109 Å². The number of imidazole rings is 2. The smallest absolute Gasteiger partial charge is 0.180 e. The first-order chi connectivity index (χ1) is 18.1. The molecule has 6 rings (SSSR count). The third kappa shape index (κ3) is 4.43. The number of allylic oxidation sites excluding steroid dienone is 1. The van der Waals surface area contributed by atoms with Crippen LogP contribution in [0.2, 0.25) is 0 Å². The van der Waals surface area contributed by atoms with Crippen LogP contribution in [0, 0.1) is 6.92 Å². The molecule has 0 aliphatic carbocycles. The van der Waals surface area contributed by atoms with Gasteiger partial charge in [-0.3, -0.25) is 0 Å². The van der Waals surface area contributed by atoms with Crippen molar-refractivity contribution in [3.63, 3.8) is 0 Å². The summed E-state index contributed by atoms with van der Waals surface area (Å²) in [6, 6.07) is 20.6. The van der Waals surface area contributed by atoms with Gasteiger partial charge in [-0.15, -0.1) is 0 Å². The highest BCUT2D eigenvalue weighted by Crippen LogP contribution is 2.29.